The smallest absolute Gasteiger partial charge is 0.234 e. The Balaban J connectivity index is 1.77. The van der Waals surface area contributed by atoms with Crippen molar-refractivity contribution in [2.45, 2.75) is 82.0 Å². The molecule has 0 unspecified atom stereocenters. The number of carbonyl (C=O) groups excluding carboxylic acids is 4. The molecule has 0 aliphatic carbocycles. The van der Waals surface area contributed by atoms with Crippen LogP contribution in [0.25, 0.3) is 0 Å². The topological polar surface area (TPSA) is 276 Å². The number of carbonyl (C=O) groups is 4. The van der Waals surface area contributed by atoms with Crippen molar-refractivity contribution in [3.05, 3.63) is 0 Å². The lowest BCUT2D eigenvalue weighted by Crippen LogP contribution is -2.57. The first kappa shape index (κ1) is 43.6. The van der Waals surface area contributed by atoms with Gasteiger partial charge in [-0.1, -0.05) is 0 Å². The summed E-state index contributed by atoms with van der Waals surface area (Å²) in [6, 6.07) is 0. The predicted octanol–water partition coefficient (Wildman–Crippen LogP) is -5.48. The molecule has 4 amide bonds. The van der Waals surface area contributed by atoms with E-state index < -0.39 is 73.0 Å². The number of nitrogens with zero attached hydrogens (tertiary/aromatic N) is 1. The third-order valence-electron chi connectivity index (χ3n) is 7.70. The summed E-state index contributed by atoms with van der Waals surface area (Å²) >= 11 is 0. The summed E-state index contributed by atoms with van der Waals surface area (Å²) in [6.45, 7) is 3.19. The molecule has 0 aromatic carbocycles. The predicted molar refractivity (Wildman–Crippen MR) is 171 cm³/mol. The van der Waals surface area contributed by atoms with E-state index in [1.165, 1.54) is 18.9 Å². The van der Waals surface area contributed by atoms with E-state index in [0.717, 1.165) is 0 Å². The molecule has 0 aromatic heterocycles. The first-order chi connectivity index (χ1) is 23.8. The molecule has 50 heavy (non-hydrogen) atoms. The Morgan fingerprint density at radius 3 is 1.68 bits per heavy atom. The molecule has 9 atom stereocenters. The van der Waals surface area contributed by atoms with Crippen LogP contribution in [0, 0.1) is 0 Å². The van der Waals surface area contributed by atoms with Gasteiger partial charge in [0.15, 0.2) is 12.6 Å². The second-order valence-electron chi connectivity index (χ2n) is 11.8. The number of aliphatic hydroxyl groups is 5. The van der Waals surface area contributed by atoms with E-state index >= 15 is 0 Å². The van der Waals surface area contributed by atoms with E-state index in [0.29, 0.717) is 0 Å². The number of hydrogen-bond acceptors (Lipinski definition) is 16. The molecular formula is C30H55N5O15. The van der Waals surface area contributed by atoms with E-state index in [1.807, 2.05) is 0 Å². The molecule has 2 aliphatic rings. The lowest BCUT2D eigenvalue weighted by Gasteiger charge is -2.38. The van der Waals surface area contributed by atoms with Gasteiger partial charge in [0.05, 0.1) is 77.6 Å². The average Bonchev–Trinajstić information content (AvgIpc) is 3.07. The molecule has 0 radical (unpaired) electrons. The monoisotopic (exact) mass is 725 g/mol. The maximum Gasteiger partial charge on any atom is 0.234 e. The molecule has 0 bridgehead atoms. The van der Waals surface area contributed by atoms with Crippen molar-refractivity contribution in [2.24, 2.45) is 0 Å². The second kappa shape index (κ2) is 23.8. The van der Waals surface area contributed by atoms with Crippen LogP contribution in [0.1, 0.15) is 26.7 Å². The van der Waals surface area contributed by atoms with Crippen LogP contribution in [-0.4, -0.2) is 195 Å². The lowest BCUT2D eigenvalue weighted by molar-refractivity contribution is -0.292. The normalized spacial score (nSPS) is 28.2. The SMILES string of the molecule is CNC(=O)CCOCCOCCNC(=O)CN(CC(=O)NCCO[C@@H]1O[C@@H](C)[C@@H](O)[C@@H](O)[C@@H]1O)CC(=O)NCCO[C@@H]1O[C@@H](C)[C@@H](O)C[C@@H]1O. The van der Waals surface area contributed by atoms with E-state index in [4.69, 9.17) is 28.4 Å². The second-order valence-corrected chi connectivity index (χ2v) is 11.8. The summed E-state index contributed by atoms with van der Waals surface area (Å²) in [6.07, 6.45) is -9.26. The highest BCUT2D eigenvalue weighted by Gasteiger charge is 2.42. The van der Waals surface area contributed by atoms with Gasteiger partial charge in [-0.05, 0) is 13.8 Å². The fourth-order valence-electron chi connectivity index (χ4n) is 4.79. The Morgan fingerprint density at radius 1 is 0.620 bits per heavy atom. The standard InChI is InChI=1S/C30H55N5O15/c1-18-20(36)14-21(37)29(49-18)47-10-6-33-24(40)16-35(15-23(39)32-5-9-46-13-12-45-8-4-22(38)31-3)17-25(41)34-7-11-48-30-28(44)27(43)26(42)19(2)50-30/h18-21,26-30,36-37,42-44H,4-17H2,1-3H3,(H,31,38)(H,32,39)(H,33,40)(H,34,41)/t18-,19-,20-,21-,26+,27+,28-,29+,30+/m0/s1. The summed E-state index contributed by atoms with van der Waals surface area (Å²) in [7, 11) is 1.54. The zero-order chi connectivity index (χ0) is 37.1. The van der Waals surface area contributed by atoms with E-state index in [2.05, 4.69) is 21.3 Å². The van der Waals surface area contributed by atoms with Crippen molar-refractivity contribution in [2.75, 3.05) is 86.0 Å². The molecule has 2 rings (SSSR count). The van der Waals surface area contributed by atoms with Gasteiger partial charge < -0.3 is 75.2 Å². The number of rotatable bonds is 23. The molecule has 290 valence electrons. The van der Waals surface area contributed by atoms with E-state index in [9.17, 15) is 44.7 Å². The van der Waals surface area contributed by atoms with Crippen molar-refractivity contribution < 1.29 is 73.1 Å². The third kappa shape index (κ3) is 16.6. The maximum absolute atomic E-state index is 12.7. The van der Waals surface area contributed by atoms with Crippen LogP contribution in [-0.2, 0) is 47.6 Å². The minimum atomic E-state index is -1.49. The average molecular weight is 726 g/mol. The zero-order valence-corrected chi connectivity index (χ0v) is 28.9. The zero-order valence-electron chi connectivity index (χ0n) is 28.9. The van der Waals surface area contributed by atoms with Gasteiger partial charge in [0.1, 0.15) is 24.4 Å². The molecule has 0 spiro atoms. The number of aliphatic hydroxyl groups excluding tert-OH is 5. The molecular weight excluding hydrogens is 670 g/mol. The summed E-state index contributed by atoms with van der Waals surface area (Å²) in [4.78, 5) is 50.5. The van der Waals surface area contributed by atoms with Crippen molar-refractivity contribution in [3.63, 3.8) is 0 Å². The van der Waals surface area contributed by atoms with Gasteiger partial charge in [0.25, 0.3) is 0 Å². The van der Waals surface area contributed by atoms with E-state index in [-0.39, 0.29) is 97.7 Å². The largest absolute Gasteiger partial charge is 0.390 e. The van der Waals surface area contributed by atoms with Crippen LogP contribution in [0.5, 0.6) is 0 Å². The molecule has 20 nitrogen and oxygen atoms in total. The number of amides is 4. The Bertz CT molecular complexity index is 1030. The number of nitrogens with one attached hydrogen (secondary N) is 4. The maximum atomic E-state index is 12.7. The number of hydrogen-bond donors (Lipinski definition) is 9. The quantitative estimate of drug-likeness (QED) is 0.0445. The summed E-state index contributed by atoms with van der Waals surface area (Å²) in [5, 5.41) is 60.0. The molecule has 9 N–H and O–H groups in total. The highest BCUT2D eigenvalue weighted by molar-refractivity contribution is 5.84. The van der Waals surface area contributed by atoms with Crippen LogP contribution >= 0.6 is 0 Å². The molecule has 2 saturated heterocycles. The molecule has 0 saturated carbocycles. The fourth-order valence-corrected chi connectivity index (χ4v) is 4.79. The third-order valence-corrected chi connectivity index (χ3v) is 7.70. The summed E-state index contributed by atoms with van der Waals surface area (Å²) in [5.41, 5.74) is 0. The van der Waals surface area contributed by atoms with Crippen molar-refractivity contribution >= 4 is 23.6 Å². The van der Waals surface area contributed by atoms with Gasteiger partial charge in [0.2, 0.25) is 23.6 Å². The van der Waals surface area contributed by atoms with Gasteiger partial charge >= 0.3 is 0 Å². The highest BCUT2D eigenvalue weighted by Crippen LogP contribution is 2.22. The molecule has 2 fully saturated rings. The van der Waals surface area contributed by atoms with E-state index in [1.54, 1.807) is 6.92 Å². The molecule has 2 aliphatic heterocycles. The van der Waals surface area contributed by atoms with Crippen LogP contribution in [0.15, 0.2) is 0 Å². The minimum Gasteiger partial charge on any atom is -0.390 e. The van der Waals surface area contributed by atoms with Crippen LogP contribution in [0.3, 0.4) is 0 Å². The fraction of sp³-hybridized carbons (Fsp3) is 0.867. The van der Waals surface area contributed by atoms with Crippen LogP contribution in [0.2, 0.25) is 0 Å². The first-order valence-electron chi connectivity index (χ1n) is 16.6. The van der Waals surface area contributed by atoms with Gasteiger partial charge in [-0.15, -0.1) is 0 Å². The Hall–Kier alpha value is -2.60. The van der Waals surface area contributed by atoms with Crippen LogP contribution in [0.4, 0.5) is 0 Å². The van der Waals surface area contributed by atoms with Crippen molar-refractivity contribution in [3.8, 4) is 0 Å². The molecule has 2 heterocycles. The van der Waals surface area contributed by atoms with Gasteiger partial charge in [0, 0.05) is 39.5 Å². The Kier molecular flexibility index (Phi) is 20.7. The summed E-state index contributed by atoms with van der Waals surface area (Å²) < 4.78 is 32.4. The van der Waals surface area contributed by atoms with Gasteiger partial charge in [-0.3, -0.25) is 24.1 Å². The Morgan fingerprint density at radius 2 is 1.12 bits per heavy atom. The van der Waals surface area contributed by atoms with Crippen molar-refractivity contribution in [1.82, 2.24) is 26.2 Å². The number of ether oxygens (including phenoxy) is 6. The molecule has 0 aromatic rings. The van der Waals surface area contributed by atoms with Crippen LogP contribution < -0.4 is 21.3 Å². The highest BCUT2D eigenvalue weighted by atomic mass is 16.7. The van der Waals surface area contributed by atoms with Crippen molar-refractivity contribution in [1.29, 1.82) is 0 Å². The summed E-state index contributed by atoms with van der Waals surface area (Å²) in [5.74, 6) is -1.65. The Labute approximate surface area is 291 Å². The first-order valence-corrected chi connectivity index (χ1v) is 16.6. The van der Waals surface area contributed by atoms with Gasteiger partial charge in [-0.2, -0.15) is 0 Å². The minimum absolute atomic E-state index is 0.00939. The molecule has 20 heteroatoms. The van der Waals surface area contributed by atoms with Gasteiger partial charge in [-0.25, -0.2) is 0 Å². The lowest BCUT2D eigenvalue weighted by atomic mass is 10.0.